The number of aromatic nitrogens is 1. The van der Waals surface area contributed by atoms with E-state index in [2.05, 4.69) is 29.0 Å². The van der Waals surface area contributed by atoms with Crippen LogP contribution in [0.3, 0.4) is 0 Å². The molecule has 3 rings (SSSR count). The van der Waals surface area contributed by atoms with Gasteiger partial charge in [0.1, 0.15) is 11.6 Å². The van der Waals surface area contributed by atoms with Crippen molar-refractivity contribution in [2.45, 2.75) is 26.7 Å². The molecule has 31 heavy (non-hydrogen) atoms. The monoisotopic (exact) mass is 444 g/mol. The van der Waals surface area contributed by atoms with Crippen molar-refractivity contribution in [1.82, 2.24) is 9.88 Å². The Morgan fingerprint density at radius 1 is 1.10 bits per heavy atom. The van der Waals surface area contributed by atoms with E-state index in [1.807, 2.05) is 17.0 Å². The van der Waals surface area contributed by atoms with Crippen molar-refractivity contribution in [3.8, 4) is 5.75 Å². The third kappa shape index (κ3) is 7.14. The predicted molar refractivity (Wildman–Crippen MR) is 123 cm³/mol. The number of ether oxygens (including phenoxy) is 1. The molecule has 1 N–H and O–H groups in total. The van der Waals surface area contributed by atoms with Gasteiger partial charge in [-0.25, -0.2) is 4.98 Å². The normalized spacial score (nSPS) is 14.3. The third-order valence-corrected chi connectivity index (χ3v) is 5.22. The van der Waals surface area contributed by atoms with Crippen LogP contribution in [-0.4, -0.2) is 54.5 Å². The molecule has 1 aromatic heterocycles. The van der Waals surface area contributed by atoms with Crippen LogP contribution >= 0.6 is 11.6 Å². The van der Waals surface area contributed by atoms with Gasteiger partial charge in [-0.3, -0.25) is 9.59 Å². The number of rotatable bonds is 7. The van der Waals surface area contributed by atoms with Crippen LogP contribution in [0.4, 0.5) is 11.5 Å². The number of nitrogens with one attached hydrogen (secondary N) is 1. The van der Waals surface area contributed by atoms with Gasteiger partial charge in [0.25, 0.3) is 5.91 Å². The van der Waals surface area contributed by atoms with E-state index in [-0.39, 0.29) is 18.4 Å². The van der Waals surface area contributed by atoms with E-state index in [4.69, 9.17) is 16.3 Å². The zero-order chi connectivity index (χ0) is 22.2. The minimum Gasteiger partial charge on any atom is -0.484 e. The molecule has 0 unspecified atom stereocenters. The van der Waals surface area contributed by atoms with Crippen molar-refractivity contribution < 1.29 is 14.3 Å². The molecule has 2 aromatic rings. The van der Waals surface area contributed by atoms with Gasteiger partial charge in [-0.05, 0) is 48.7 Å². The highest BCUT2D eigenvalue weighted by atomic mass is 35.5. The van der Waals surface area contributed by atoms with E-state index in [0.29, 0.717) is 35.3 Å². The SMILES string of the molecule is CC(C)CC(=O)N1CCCN(c2ccc(NC(=O)COc3ccc(Cl)cc3)cn2)CC1. The minimum atomic E-state index is -0.265. The van der Waals surface area contributed by atoms with E-state index in [0.717, 1.165) is 31.9 Å². The summed E-state index contributed by atoms with van der Waals surface area (Å²) in [6.07, 6.45) is 3.14. The molecule has 166 valence electrons. The fourth-order valence-corrected chi connectivity index (χ4v) is 3.52. The molecule has 0 radical (unpaired) electrons. The Balaban J connectivity index is 1.48. The lowest BCUT2D eigenvalue weighted by Gasteiger charge is -2.23. The van der Waals surface area contributed by atoms with Crippen molar-refractivity contribution in [2.24, 2.45) is 5.92 Å². The molecule has 0 saturated carbocycles. The van der Waals surface area contributed by atoms with Crippen molar-refractivity contribution >= 4 is 34.9 Å². The van der Waals surface area contributed by atoms with Crippen LogP contribution in [0.15, 0.2) is 42.6 Å². The molecule has 8 heteroatoms. The Kier molecular flexibility index (Phi) is 8.12. The van der Waals surface area contributed by atoms with E-state index < -0.39 is 0 Å². The number of anilines is 2. The number of halogens is 1. The third-order valence-electron chi connectivity index (χ3n) is 4.97. The Hall–Kier alpha value is -2.80. The first kappa shape index (κ1) is 22.9. The smallest absolute Gasteiger partial charge is 0.262 e. The molecular formula is C23H29ClN4O3. The number of hydrogen-bond acceptors (Lipinski definition) is 5. The van der Waals surface area contributed by atoms with Crippen molar-refractivity contribution in [3.63, 3.8) is 0 Å². The average molecular weight is 445 g/mol. The van der Waals surface area contributed by atoms with Crippen molar-refractivity contribution in [2.75, 3.05) is 43.0 Å². The standard InChI is InChI=1S/C23H29ClN4O3/c1-17(2)14-23(30)28-11-3-10-27(12-13-28)21-9-6-19(15-25-21)26-22(29)16-31-20-7-4-18(24)5-8-20/h4-9,15,17H,3,10-14,16H2,1-2H3,(H,26,29). The first-order chi connectivity index (χ1) is 14.9. The molecule has 1 aliphatic heterocycles. The van der Waals surface area contributed by atoms with Gasteiger partial charge < -0.3 is 19.9 Å². The molecule has 2 amide bonds. The van der Waals surface area contributed by atoms with Crippen LogP contribution in [0.5, 0.6) is 5.75 Å². The Morgan fingerprint density at radius 3 is 2.55 bits per heavy atom. The number of hydrogen-bond donors (Lipinski definition) is 1. The molecule has 2 heterocycles. The van der Waals surface area contributed by atoms with Gasteiger partial charge in [0.05, 0.1) is 11.9 Å². The Labute approximate surface area is 188 Å². The summed E-state index contributed by atoms with van der Waals surface area (Å²) in [6, 6.07) is 10.6. The number of carbonyl (C=O) groups is 2. The van der Waals surface area contributed by atoms with E-state index >= 15 is 0 Å². The summed E-state index contributed by atoms with van der Waals surface area (Å²) in [5.41, 5.74) is 0.608. The van der Waals surface area contributed by atoms with Crippen molar-refractivity contribution in [1.29, 1.82) is 0 Å². The highest BCUT2D eigenvalue weighted by molar-refractivity contribution is 6.30. The lowest BCUT2D eigenvalue weighted by molar-refractivity contribution is -0.131. The van der Waals surface area contributed by atoms with Gasteiger partial charge in [-0.1, -0.05) is 25.4 Å². The van der Waals surface area contributed by atoms with Gasteiger partial charge in [-0.2, -0.15) is 0 Å². The van der Waals surface area contributed by atoms with Gasteiger partial charge in [0.2, 0.25) is 5.91 Å². The summed E-state index contributed by atoms with van der Waals surface area (Å²) >= 11 is 5.84. The summed E-state index contributed by atoms with van der Waals surface area (Å²) in [4.78, 5) is 33.1. The second kappa shape index (κ2) is 11.0. The fraction of sp³-hybridized carbons (Fsp3) is 0.435. The number of benzene rings is 1. The molecular weight excluding hydrogens is 416 g/mol. The van der Waals surface area contributed by atoms with Crippen LogP contribution in [0.25, 0.3) is 0 Å². The minimum absolute atomic E-state index is 0.101. The van der Waals surface area contributed by atoms with Crippen molar-refractivity contribution in [3.05, 3.63) is 47.6 Å². The maximum Gasteiger partial charge on any atom is 0.262 e. The van der Waals surface area contributed by atoms with Gasteiger partial charge >= 0.3 is 0 Å². The molecule has 1 aliphatic rings. The topological polar surface area (TPSA) is 74.8 Å². The highest BCUT2D eigenvalue weighted by Gasteiger charge is 2.20. The highest BCUT2D eigenvalue weighted by Crippen LogP contribution is 2.18. The molecule has 0 bridgehead atoms. The molecule has 0 spiro atoms. The van der Waals surface area contributed by atoms with Crippen LogP contribution in [0, 0.1) is 5.92 Å². The predicted octanol–water partition coefficient (Wildman–Crippen LogP) is 3.84. The van der Waals surface area contributed by atoms with Gasteiger partial charge in [0, 0.05) is 37.6 Å². The molecule has 1 saturated heterocycles. The summed E-state index contributed by atoms with van der Waals surface area (Å²) in [5, 5.41) is 3.40. The van der Waals surface area contributed by atoms with Crippen LogP contribution < -0.4 is 15.0 Å². The van der Waals surface area contributed by atoms with Gasteiger partial charge in [0.15, 0.2) is 6.61 Å². The van der Waals surface area contributed by atoms with E-state index in [9.17, 15) is 9.59 Å². The average Bonchev–Trinajstić information content (AvgIpc) is 3.00. The first-order valence-corrected chi connectivity index (χ1v) is 11.0. The summed E-state index contributed by atoms with van der Waals surface area (Å²) in [5.74, 6) is 1.75. The lowest BCUT2D eigenvalue weighted by atomic mass is 10.1. The summed E-state index contributed by atoms with van der Waals surface area (Å²) in [6.45, 7) is 7.11. The largest absolute Gasteiger partial charge is 0.484 e. The number of amides is 2. The summed E-state index contributed by atoms with van der Waals surface area (Å²) in [7, 11) is 0. The molecule has 0 aliphatic carbocycles. The Morgan fingerprint density at radius 2 is 1.87 bits per heavy atom. The molecule has 7 nitrogen and oxygen atoms in total. The fourth-order valence-electron chi connectivity index (χ4n) is 3.40. The molecule has 1 fully saturated rings. The second-order valence-electron chi connectivity index (χ2n) is 8.02. The molecule has 0 atom stereocenters. The van der Waals surface area contributed by atoms with Crippen LogP contribution in [0.1, 0.15) is 26.7 Å². The number of pyridine rings is 1. The quantitative estimate of drug-likeness (QED) is 0.702. The lowest BCUT2D eigenvalue weighted by Crippen LogP contribution is -2.35. The van der Waals surface area contributed by atoms with Crippen LogP contribution in [-0.2, 0) is 9.59 Å². The maximum atomic E-state index is 12.3. The number of carbonyl (C=O) groups excluding carboxylic acids is 2. The molecule has 1 aromatic carbocycles. The number of nitrogens with zero attached hydrogens (tertiary/aromatic N) is 3. The summed E-state index contributed by atoms with van der Waals surface area (Å²) < 4.78 is 5.45. The van der Waals surface area contributed by atoms with Crippen LogP contribution in [0.2, 0.25) is 5.02 Å². The van der Waals surface area contributed by atoms with E-state index in [1.54, 1.807) is 30.5 Å². The maximum absolute atomic E-state index is 12.3. The zero-order valence-corrected chi connectivity index (χ0v) is 18.8. The Bertz CT molecular complexity index is 871. The van der Waals surface area contributed by atoms with Gasteiger partial charge in [-0.15, -0.1) is 0 Å². The first-order valence-electron chi connectivity index (χ1n) is 10.6. The van der Waals surface area contributed by atoms with E-state index in [1.165, 1.54) is 0 Å². The second-order valence-corrected chi connectivity index (χ2v) is 8.45. The zero-order valence-electron chi connectivity index (χ0n) is 18.0.